The molecule has 0 aromatic rings. The third-order valence-electron chi connectivity index (χ3n) is 1.78. The summed E-state index contributed by atoms with van der Waals surface area (Å²) in [6, 6.07) is -0.701. The van der Waals surface area contributed by atoms with E-state index < -0.39 is 18.1 Å². The normalized spacial score (nSPS) is 13.9. The Kier molecular flexibility index (Phi) is 7.23. The van der Waals surface area contributed by atoms with Crippen LogP contribution in [0.4, 0.5) is 0 Å². The van der Waals surface area contributed by atoms with E-state index >= 15 is 0 Å². The number of hydrogen-bond donors (Lipinski definition) is 5. The zero-order valence-electron chi connectivity index (χ0n) is 9.40. The van der Waals surface area contributed by atoms with Crippen molar-refractivity contribution in [3.8, 4) is 0 Å². The smallest absolute Gasteiger partial charge is 0.322 e. The molecule has 7 heteroatoms. The SMILES string of the molecule is CC(O)COC(=O)[C@@H](N)CCCNC(=N)N. The largest absolute Gasteiger partial charge is 0.462 e. The second-order valence-electron chi connectivity index (χ2n) is 3.57. The van der Waals surface area contributed by atoms with Crippen molar-refractivity contribution in [1.29, 1.82) is 5.41 Å². The number of hydrogen-bond acceptors (Lipinski definition) is 5. The van der Waals surface area contributed by atoms with E-state index in [0.717, 1.165) is 0 Å². The number of esters is 1. The molecule has 1 unspecified atom stereocenters. The number of carbonyl (C=O) groups is 1. The Morgan fingerprint density at radius 2 is 2.25 bits per heavy atom. The van der Waals surface area contributed by atoms with Crippen molar-refractivity contribution in [1.82, 2.24) is 5.32 Å². The van der Waals surface area contributed by atoms with E-state index in [1.54, 1.807) is 0 Å². The van der Waals surface area contributed by atoms with Crippen LogP contribution in [0.5, 0.6) is 0 Å². The molecule has 0 radical (unpaired) electrons. The lowest BCUT2D eigenvalue weighted by Gasteiger charge is -2.12. The van der Waals surface area contributed by atoms with Crippen LogP contribution in [-0.4, -0.2) is 42.3 Å². The van der Waals surface area contributed by atoms with E-state index in [9.17, 15) is 4.79 Å². The minimum Gasteiger partial charge on any atom is -0.462 e. The summed E-state index contributed by atoms with van der Waals surface area (Å²) in [5.41, 5.74) is 10.6. The van der Waals surface area contributed by atoms with Crippen LogP contribution in [0.2, 0.25) is 0 Å². The van der Waals surface area contributed by atoms with Gasteiger partial charge in [-0.05, 0) is 19.8 Å². The van der Waals surface area contributed by atoms with Crippen LogP contribution in [-0.2, 0) is 9.53 Å². The highest BCUT2D eigenvalue weighted by Crippen LogP contribution is 1.97. The van der Waals surface area contributed by atoms with Gasteiger partial charge in [0.2, 0.25) is 0 Å². The van der Waals surface area contributed by atoms with Gasteiger partial charge in [0.1, 0.15) is 12.6 Å². The van der Waals surface area contributed by atoms with Gasteiger partial charge in [-0.3, -0.25) is 10.2 Å². The van der Waals surface area contributed by atoms with Crippen molar-refractivity contribution < 1.29 is 14.6 Å². The second-order valence-corrected chi connectivity index (χ2v) is 3.57. The Labute approximate surface area is 94.6 Å². The monoisotopic (exact) mass is 232 g/mol. The number of aliphatic hydroxyl groups is 1. The predicted octanol–water partition coefficient (Wildman–Crippen LogP) is -1.50. The van der Waals surface area contributed by atoms with Crippen molar-refractivity contribution in [3.63, 3.8) is 0 Å². The maximum atomic E-state index is 11.2. The van der Waals surface area contributed by atoms with E-state index in [0.29, 0.717) is 19.4 Å². The molecule has 0 aromatic carbocycles. The van der Waals surface area contributed by atoms with Crippen molar-refractivity contribution in [2.75, 3.05) is 13.2 Å². The van der Waals surface area contributed by atoms with Gasteiger partial charge in [0, 0.05) is 6.54 Å². The Hall–Kier alpha value is -1.34. The van der Waals surface area contributed by atoms with E-state index in [2.05, 4.69) is 5.32 Å². The number of ether oxygens (including phenoxy) is 1. The fourth-order valence-electron chi connectivity index (χ4n) is 0.973. The average molecular weight is 232 g/mol. The van der Waals surface area contributed by atoms with Gasteiger partial charge in [-0.2, -0.15) is 0 Å². The third-order valence-corrected chi connectivity index (χ3v) is 1.78. The summed E-state index contributed by atoms with van der Waals surface area (Å²) in [6.07, 6.45) is 0.374. The third kappa shape index (κ3) is 8.01. The summed E-state index contributed by atoms with van der Waals surface area (Å²) >= 11 is 0. The molecule has 0 saturated carbocycles. The fraction of sp³-hybridized carbons (Fsp3) is 0.778. The molecule has 0 aliphatic carbocycles. The molecular weight excluding hydrogens is 212 g/mol. The quantitative estimate of drug-likeness (QED) is 0.157. The molecule has 0 aromatic heterocycles. The highest BCUT2D eigenvalue weighted by molar-refractivity contribution is 5.75. The summed E-state index contributed by atoms with van der Waals surface area (Å²) in [5, 5.41) is 18.4. The summed E-state index contributed by atoms with van der Waals surface area (Å²) < 4.78 is 4.74. The topological polar surface area (TPSA) is 134 Å². The zero-order chi connectivity index (χ0) is 12.6. The summed E-state index contributed by atoms with van der Waals surface area (Å²) in [5.74, 6) is -0.631. The van der Waals surface area contributed by atoms with Gasteiger partial charge in [0.25, 0.3) is 0 Å². The Bertz CT molecular complexity index is 233. The van der Waals surface area contributed by atoms with Crippen molar-refractivity contribution in [2.24, 2.45) is 11.5 Å². The zero-order valence-corrected chi connectivity index (χ0v) is 9.40. The lowest BCUT2D eigenvalue weighted by molar-refractivity contribution is -0.148. The van der Waals surface area contributed by atoms with E-state index in [-0.39, 0.29) is 12.6 Å². The standard InChI is InChI=1S/C9H20N4O3/c1-6(14)5-16-8(15)7(10)3-2-4-13-9(11)12/h6-7,14H,2-5,10H2,1H3,(H4,11,12,13)/t6?,7-/m0/s1. The molecule has 7 nitrogen and oxygen atoms in total. The number of aliphatic hydroxyl groups excluding tert-OH is 1. The van der Waals surface area contributed by atoms with Crippen LogP contribution in [0.25, 0.3) is 0 Å². The Balaban J connectivity index is 3.59. The number of nitrogens with two attached hydrogens (primary N) is 2. The first-order chi connectivity index (χ1) is 7.43. The molecule has 0 heterocycles. The first kappa shape index (κ1) is 14.7. The molecule has 94 valence electrons. The highest BCUT2D eigenvalue weighted by Gasteiger charge is 2.15. The van der Waals surface area contributed by atoms with E-state index in [4.69, 9.17) is 26.7 Å². The number of rotatable bonds is 7. The van der Waals surface area contributed by atoms with Crippen LogP contribution in [0, 0.1) is 5.41 Å². The number of nitrogens with one attached hydrogen (secondary N) is 2. The van der Waals surface area contributed by atoms with Gasteiger partial charge in [0.15, 0.2) is 5.96 Å². The molecule has 0 bridgehead atoms. The molecule has 0 saturated heterocycles. The molecule has 0 spiro atoms. The van der Waals surface area contributed by atoms with Crippen LogP contribution in [0.3, 0.4) is 0 Å². The molecule has 7 N–H and O–H groups in total. The van der Waals surface area contributed by atoms with E-state index in [1.165, 1.54) is 6.92 Å². The maximum absolute atomic E-state index is 11.2. The first-order valence-corrected chi connectivity index (χ1v) is 5.11. The van der Waals surface area contributed by atoms with E-state index in [1.807, 2.05) is 0 Å². The minimum atomic E-state index is -0.701. The van der Waals surface area contributed by atoms with Crippen molar-refractivity contribution in [2.45, 2.75) is 31.9 Å². The Morgan fingerprint density at radius 3 is 2.75 bits per heavy atom. The molecule has 0 aliphatic heterocycles. The van der Waals surface area contributed by atoms with Crippen LogP contribution >= 0.6 is 0 Å². The van der Waals surface area contributed by atoms with Crippen molar-refractivity contribution in [3.05, 3.63) is 0 Å². The predicted molar refractivity (Wildman–Crippen MR) is 59.8 cm³/mol. The molecule has 0 amide bonds. The Morgan fingerprint density at radius 1 is 1.62 bits per heavy atom. The van der Waals surface area contributed by atoms with Gasteiger partial charge in [-0.25, -0.2) is 0 Å². The summed E-state index contributed by atoms with van der Waals surface area (Å²) in [4.78, 5) is 11.2. The molecule has 2 atom stereocenters. The average Bonchev–Trinajstić information content (AvgIpc) is 2.20. The minimum absolute atomic E-state index is 0.0434. The molecule has 0 aliphatic rings. The van der Waals surface area contributed by atoms with Crippen LogP contribution in [0.1, 0.15) is 19.8 Å². The molecule has 16 heavy (non-hydrogen) atoms. The van der Waals surface area contributed by atoms with Gasteiger partial charge in [-0.1, -0.05) is 0 Å². The maximum Gasteiger partial charge on any atom is 0.322 e. The summed E-state index contributed by atoms with van der Waals surface area (Å²) in [6.45, 7) is 1.97. The lowest BCUT2D eigenvalue weighted by atomic mass is 10.2. The van der Waals surface area contributed by atoms with Gasteiger partial charge < -0.3 is 26.6 Å². The first-order valence-electron chi connectivity index (χ1n) is 5.11. The van der Waals surface area contributed by atoms with Gasteiger partial charge in [-0.15, -0.1) is 0 Å². The van der Waals surface area contributed by atoms with Gasteiger partial charge >= 0.3 is 5.97 Å². The van der Waals surface area contributed by atoms with Crippen LogP contribution < -0.4 is 16.8 Å². The second kappa shape index (κ2) is 7.89. The van der Waals surface area contributed by atoms with Gasteiger partial charge in [0.05, 0.1) is 6.10 Å². The summed E-state index contributed by atoms with van der Waals surface area (Å²) in [7, 11) is 0. The highest BCUT2D eigenvalue weighted by atomic mass is 16.5. The number of guanidine groups is 1. The number of carbonyl (C=O) groups excluding carboxylic acids is 1. The van der Waals surface area contributed by atoms with Crippen molar-refractivity contribution >= 4 is 11.9 Å². The molecule has 0 rings (SSSR count). The molecular formula is C9H20N4O3. The molecule has 0 fully saturated rings. The lowest BCUT2D eigenvalue weighted by Crippen LogP contribution is -2.36. The fourth-order valence-corrected chi connectivity index (χ4v) is 0.973. The van der Waals surface area contributed by atoms with Crippen LogP contribution in [0.15, 0.2) is 0 Å².